The number of aromatic nitrogens is 4. The average molecular weight is 327 g/mol. The summed E-state index contributed by atoms with van der Waals surface area (Å²) in [4.78, 5) is 31.3. The first-order valence-electron chi connectivity index (χ1n) is 6.88. The highest BCUT2D eigenvalue weighted by molar-refractivity contribution is 5.96. The van der Waals surface area contributed by atoms with Gasteiger partial charge in [-0.15, -0.1) is 0 Å². The molecule has 0 aliphatic rings. The first-order valence-corrected chi connectivity index (χ1v) is 6.88. The van der Waals surface area contributed by atoms with E-state index in [-0.39, 0.29) is 5.95 Å². The Hall–Kier alpha value is -3.69. The molecule has 2 heterocycles. The third kappa shape index (κ3) is 3.55. The molecule has 0 fully saturated rings. The van der Waals surface area contributed by atoms with Crippen LogP contribution in [-0.4, -0.2) is 31.6 Å². The first kappa shape index (κ1) is 15.2. The lowest BCUT2D eigenvalue weighted by molar-refractivity contribution is 0.0938. The van der Waals surface area contributed by atoms with Crippen LogP contribution in [0.1, 0.15) is 16.2 Å². The number of hydrogen-bond donors (Lipinski definition) is 3. The summed E-state index contributed by atoms with van der Waals surface area (Å²) < 4.78 is 6.51. The number of carbonyl (C=O) groups excluding carboxylic acids is 2. The fourth-order valence-electron chi connectivity index (χ4n) is 1.87. The minimum absolute atomic E-state index is 0.00364. The Bertz CT molecular complexity index is 840. The zero-order chi connectivity index (χ0) is 16.9. The molecule has 1 aromatic carbocycles. The molecule has 0 saturated heterocycles. The van der Waals surface area contributed by atoms with E-state index >= 15 is 0 Å². The number of nitrogens with one attached hydrogen (secondary N) is 3. The van der Waals surface area contributed by atoms with E-state index in [0.29, 0.717) is 11.5 Å². The Balaban J connectivity index is 1.54. The Morgan fingerprint density at radius 3 is 2.58 bits per heavy atom. The molecule has 10 heteroatoms. The van der Waals surface area contributed by atoms with E-state index in [1.165, 1.54) is 0 Å². The Kier molecular flexibility index (Phi) is 4.19. The molecule has 3 amide bonds. The maximum Gasteiger partial charge on any atom is 0.340 e. The molecule has 0 aliphatic heterocycles. The molecule has 0 atom stereocenters. The van der Waals surface area contributed by atoms with Gasteiger partial charge in [0.25, 0.3) is 11.9 Å². The van der Waals surface area contributed by atoms with Gasteiger partial charge in [0.15, 0.2) is 0 Å². The third-order valence-corrected chi connectivity index (χ3v) is 2.97. The van der Waals surface area contributed by atoms with Crippen LogP contribution < -0.4 is 16.2 Å². The summed E-state index contributed by atoms with van der Waals surface area (Å²) in [5.74, 6) is -0.150. The SMILES string of the molecule is Cc1nc(NC(=O)NNC(=O)c2ccc(-n3ccnc3)cc2)no1. The van der Waals surface area contributed by atoms with Crippen molar-refractivity contribution in [3.05, 3.63) is 54.4 Å². The Morgan fingerprint density at radius 2 is 1.96 bits per heavy atom. The lowest BCUT2D eigenvalue weighted by Gasteiger charge is -2.08. The van der Waals surface area contributed by atoms with Crippen molar-refractivity contribution in [2.45, 2.75) is 6.92 Å². The number of anilines is 1. The molecule has 3 rings (SSSR count). The molecule has 122 valence electrons. The summed E-state index contributed by atoms with van der Waals surface area (Å²) >= 11 is 0. The van der Waals surface area contributed by atoms with Gasteiger partial charge in [-0.3, -0.25) is 15.5 Å². The van der Waals surface area contributed by atoms with Gasteiger partial charge in [-0.05, 0) is 29.4 Å². The standard InChI is InChI=1S/C14H13N7O3/c1-9-16-13(20-24-9)17-14(23)19-18-12(22)10-2-4-11(5-3-10)21-7-6-15-8-21/h2-8H,1H3,(H,18,22)(H2,17,19,20,23). The summed E-state index contributed by atoms with van der Waals surface area (Å²) in [5.41, 5.74) is 5.72. The van der Waals surface area contributed by atoms with E-state index in [4.69, 9.17) is 4.52 Å². The molecule has 2 aromatic heterocycles. The number of imidazole rings is 1. The number of benzene rings is 1. The van der Waals surface area contributed by atoms with Crippen LogP contribution in [-0.2, 0) is 0 Å². The van der Waals surface area contributed by atoms with Crippen molar-refractivity contribution in [1.82, 2.24) is 30.5 Å². The molecule has 0 bridgehead atoms. The zero-order valence-electron chi connectivity index (χ0n) is 12.6. The van der Waals surface area contributed by atoms with Gasteiger partial charge in [-0.2, -0.15) is 4.98 Å². The van der Waals surface area contributed by atoms with Crippen LogP contribution in [0, 0.1) is 6.92 Å². The lowest BCUT2D eigenvalue weighted by atomic mass is 10.2. The van der Waals surface area contributed by atoms with Crippen LogP contribution in [0.5, 0.6) is 0 Å². The smallest absolute Gasteiger partial charge is 0.338 e. The van der Waals surface area contributed by atoms with Gasteiger partial charge >= 0.3 is 6.03 Å². The molecule has 0 saturated carbocycles. The third-order valence-electron chi connectivity index (χ3n) is 2.97. The van der Waals surface area contributed by atoms with E-state index in [2.05, 4.69) is 31.3 Å². The predicted molar refractivity (Wildman–Crippen MR) is 82.2 cm³/mol. The van der Waals surface area contributed by atoms with Crippen molar-refractivity contribution in [2.24, 2.45) is 0 Å². The van der Waals surface area contributed by atoms with Crippen LogP contribution in [0.2, 0.25) is 0 Å². The highest BCUT2D eigenvalue weighted by Gasteiger charge is 2.10. The zero-order valence-corrected chi connectivity index (χ0v) is 12.6. The molecule has 24 heavy (non-hydrogen) atoms. The van der Waals surface area contributed by atoms with Gasteiger partial charge in [0.2, 0.25) is 5.89 Å². The fourth-order valence-corrected chi connectivity index (χ4v) is 1.87. The predicted octanol–water partition coefficient (Wildman–Crippen LogP) is 1.03. The summed E-state index contributed by atoms with van der Waals surface area (Å²) in [7, 11) is 0. The van der Waals surface area contributed by atoms with Crippen molar-refractivity contribution < 1.29 is 14.1 Å². The van der Waals surface area contributed by atoms with Crippen LogP contribution >= 0.6 is 0 Å². The van der Waals surface area contributed by atoms with Crippen molar-refractivity contribution in [3.63, 3.8) is 0 Å². The maximum atomic E-state index is 12.0. The van der Waals surface area contributed by atoms with E-state index in [1.54, 1.807) is 54.5 Å². The number of amides is 3. The molecule has 0 spiro atoms. The normalized spacial score (nSPS) is 10.2. The second kappa shape index (κ2) is 6.60. The Morgan fingerprint density at radius 1 is 1.17 bits per heavy atom. The van der Waals surface area contributed by atoms with Gasteiger partial charge in [-0.1, -0.05) is 0 Å². The quantitative estimate of drug-likeness (QED) is 0.617. The molecular weight excluding hydrogens is 314 g/mol. The molecule has 0 radical (unpaired) electrons. The van der Waals surface area contributed by atoms with Crippen molar-refractivity contribution in [3.8, 4) is 5.69 Å². The summed E-state index contributed by atoms with van der Waals surface area (Å²) in [6.07, 6.45) is 5.11. The molecule has 0 unspecified atom stereocenters. The second-order valence-corrected chi connectivity index (χ2v) is 4.69. The van der Waals surface area contributed by atoms with E-state index in [0.717, 1.165) is 5.69 Å². The molecule has 10 nitrogen and oxygen atoms in total. The first-order chi connectivity index (χ1) is 11.6. The number of rotatable bonds is 3. The van der Waals surface area contributed by atoms with Gasteiger partial charge in [0, 0.05) is 30.6 Å². The number of hydrogen-bond acceptors (Lipinski definition) is 6. The highest BCUT2D eigenvalue weighted by Crippen LogP contribution is 2.09. The fraction of sp³-hybridized carbons (Fsp3) is 0.0714. The number of aryl methyl sites for hydroxylation is 1. The Labute approximate surface area is 135 Å². The molecular formula is C14H13N7O3. The van der Waals surface area contributed by atoms with Crippen LogP contribution in [0.15, 0.2) is 47.5 Å². The van der Waals surface area contributed by atoms with E-state index in [9.17, 15) is 9.59 Å². The van der Waals surface area contributed by atoms with Gasteiger partial charge < -0.3 is 9.09 Å². The van der Waals surface area contributed by atoms with E-state index < -0.39 is 11.9 Å². The monoisotopic (exact) mass is 327 g/mol. The minimum Gasteiger partial charge on any atom is -0.338 e. The largest absolute Gasteiger partial charge is 0.340 e. The lowest BCUT2D eigenvalue weighted by Crippen LogP contribution is -2.44. The number of carbonyl (C=O) groups is 2. The van der Waals surface area contributed by atoms with E-state index in [1.807, 2.05) is 0 Å². The number of hydrazine groups is 1. The van der Waals surface area contributed by atoms with Crippen LogP contribution in [0.25, 0.3) is 5.69 Å². The van der Waals surface area contributed by atoms with Crippen molar-refractivity contribution in [2.75, 3.05) is 5.32 Å². The molecule has 0 aliphatic carbocycles. The van der Waals surface area contributed by atoms with Crippen LogP contribution in [0.3, 0.4) is 0 Å². The second-order valence-electron chi connectivity index (χ2n) is 4.69. The summed E-state index contributed by atoms with van der Waals surface area (Å²) in [5, 5.41) is 5.80. The molecule has 3 aromatic rings. The van der Waals surface area contributed by atoms with Gasteiger partial charge in [0.05, 0.1) is 6.33 Å². The summed E-state index contributed by atoms with van der Waals surface area (Å²) in [6.45, 7) is 1.59. The summed E-state index contributed by atoms with van der Waals surface area (Å²) in [6, 6.07) is 6.09. The van der Waals surface area contributed by atoms with Crippen LogP contribution in [0.4, 0.5) is 10.7 Å². The topological polar surface area (TPSA) is 127 Å². The van der Waals surface area contributed by atoms with Crippen molar-refractivity contribution in [1.29, 1.82) is 0 Å². The average Bonchev–Trinajstić information content (AvgIpc) is 3.25. The van der Waals surface area contributed by atoms with Gasteiger partial charge in [-0.25, -0.2) is 15.2 Å². The highest BCUT2D eigenvalue weighted by atomic mass is 16.5. The van der Waals surface area contributed by atoms with Gasteiger partial charge in [0.1, 0.15) is 0 Å². The minimum atomic E-state index is -0.695. The van der Waals surface area contributed by atoms with Crippen molar-refractivity contribution >= 4 is 17.9 Å². The number of urea groups is 1. The molecule has 3 N–H and O–H groups in total. The number of nitrogens with zero attached hydrogens (tertiary/aromatic N) is 4. The maximum absolute atomic E-state index is 12.0.